The Morgan fingerprint density at radius 2 is 2.19 bits per heavy atom. The van der Waals surface area contributed by atoms with Crippen LogP contribution in [0.1, 0.15) is 12.5 Å². The van der Waals surface area contributed by atoms with Crippen molar-refractivity contribution >= 4 is 11.6 Å². The van der Waals surface area contributed by atoms with Crippen LogP contribution < -0.4 is 10.1 Å². The number of ether oxygens (including phenoxy) is 1. The smallest absolute Gasteiger partial charge is 0.221 e. The number of hydrogen-bond acceptors (Lipinski definition) is 4. The second kappa shape index (κ2) is 5.48. The molecule has 0 saturated carbocycles. The lowest BCUT2D eigenvalue weighted by atomic mass is 10.1. The second-order valence-corrected chi connectivity index (χ2v) is 3.39. The fraction of sp³-hybridized carbons (Fsp3) is 0.364. The van der Waals surface area contributed by atoms with Gasteiger partial charge >= 0.3 is 0 Å². The standard InChI is InChI=1S/C11H15NO4/c1-7(13)12-10-6-9(16-2)4-3-8(10)5-11(14)15/h3-4,6,11,14-15H,5H2,1-2H3,(H,12,13). The van der Waals surface area contributed by atoms with Gasteiger partial charge in [-0.25, -0.2) is 0 Å². The van der Waals surface area contributed by atoms with Crippen molar-refractivity contribution in [3.63, 3.8) is 0 Å². The monoisotopic (exact) mass is 225 g/mol. The van der Waals surface area contributed by atoms with E-state index in [0.29, 0.717) is 17.0 Å². The summed E-state index contributed by atoms with van der Waals surface area (Å²) in [5.41, 5.74) is 1.17. The highest BCUT2D eigenvalue weighted by Gasteiger charge is 2.09. The zero-order chi connectivity index (χ0) is 12.1. The topological polar surface area (TPSA) is 78.8 Å². The van der Waals surface area contributed by atoms with E-state index in [4.69, 9.17) is 14.9 Å². The molecular formula is C11H15NO4. The van der Waals surface area contributed by atoms with Crippen molar-refractivity contribution in [3.05, 3.63) is 23.8 Å². The molecule has 88 valence electrons. The van der Waals surface area contributed by atoms with E-state index in [2.05, 4.69) is 5.32 Å². The molecule has 5 nitrogen and oxygen atoms in total. The Morgan fingerprint density at radius 1 is 1.50 bits per heavy atom. The van der Waals surface area contributed by atoms with Gasteiger partial charge in [-0.1, -0.05) is 6.07 Å². The predicted molar refractivity (Wildman–Crippen MR) is 59.2 cm³/mol. The molecule has 16 heavy (non-hydrogen) atoms. The highest BCUT2D eigenvalue weighted by Crippen LogP contribution is 2.23. The van der Waals surface area contributed by atoms with E-state index in [1.165, 1.54) is 14.0 Å². The largest absolute Gasteiger partial charge is 0.497 e. The van der Waals surface area contributed by atoms with Gasteiger partial charge in [-0.05, 0) is 11.6 Å². The van der Waals surface area contributed by atoms with E-state index in [0.717, 1.165) is 0 Å². The lowest BCUT2D eigenvalue weighted by Gasteiger charge is -2.12. The molecule has 0 aliphatic carbocycles. The molecule has 0 radical (unpaired) electrons. The second-order valence-electron chi connectivity index (χ2n) is 3.39. The molecule has 0 aliphatic rings. The Morgan fingerprint density at radius 3 is 2.69 bits per heavy atom. The van der Waals surface area contributed by atoms with Crippen LogP contribution in [0.5, 0.6) is 5.75 Å². The van der Waals surface area contributed by atoms with E-state index in [-0.39, 0.29) is 12.3 Å². The number of nitrogens with one attached hydrogen (secondary N) is 1. The molecule has 0 unspecified atom stereocenters. The first-order valence-electron chi connectivity index (χ1n) is 4.83. The zero-order valence-electron chi connectivity index (χ0n) is 9.23. The first-order chi connectivity index (χ1) is 7.52. The summed E-state index contributed by atoms with van der Waals surface area (Å²) in [5, 5.41) is 20.4. The molecule has 0 atom stereocenters. The summed E-state index contributed by atoms with van der Waals surface area (Å²) in [5.74, 6) is 0.377. The van der Waals surface area contributed by atoms with Gasteiger partial charge in [0.05, 0.1) is 7.11 Å². The molecule has 1 aromatic rings. The Bertz CT molecular complexity index is 376. The van der Waals surface area contributed by atoms with Crippen LogP contribution in [0, 0.1) is 0 Å². The maximum atomic E-state index is 11.0. The Balaban J connectivity index is 3.00. The Labute approximate surface area is 93.7 Å². The SMILES string of the molecule is COc1ccc(CC(O)O)c(NC(C)=O)c1. The van der Waals surface area contributed by atoms with E-state index >= 15 is 0 Å². The summed E-state index contributed by atoms with van der Waals surface area (Å²) in [6.07, 6.45) is -1.39. The maximum Gasteiger partial charge on any atom is 0.221 e. The Kier molecular flexibility index (Phi) is 4.28. The molecule has 0 fully saturated rings. The lowest BCUT2D eigenvalue weighted by molar-refractivity contribution is -0.114. The summed E-state index contributed by atoms with van der Waals surface area (Å²) < 4.78 is 5.02. The van der Waals surface area contributed by atoms with Gasteiger partial charge in [0, 0.05) is 25.1 Å². The van der Waals surface area contributed by atoms with Crippen molar-refractivity contribution < 1.29 is 19.7 Å². The van der Waals surface area contributed by atoms with Crippen LogP contribution in [0.25, 0.3) is 0 Å². The van der Waals surface area contributed by atoms with Crippen molar-refractivity contribution in [3.8, 4) is 5.75 Å². The van der Waals surface area contributed by atoms with E-state index in [1.807, 2.05) is 0 Å². The third kappa shape index (κ3) is 3.52. The molecule has 1 amide bonds. The van der Waals surface area contributed by atoms with Crippen molar-refractivity contribution in [2.24, 2.45) is 0 Å². The molecule has 0 aliphatic heterocycles. The lowest BCUT2D eigenvalue weighted by Crippen LogP contribution is -2.13. The van der Waals surface area contributed by atoms with Crippen LogP contribution in [-0.2, 0) is 11.2 Å². The Hall–Kier alpha value is -1.59. The molecule has 3 N–H and O–H groups in total. The summed E-state index contributed by atoms with van der Waals surface area (Å²) in [4.78, 5) is 11.0. The number of amides is 1. The minimum absolute atomic E-state index is 0.0552. The average molecular weight is 225 g/mol. The van der Waals surface area contributed by atoms with Crippen LogP contribution in [0.3, 0.4) is 0 Å². The first-order valence-corrected chi connectivity index (χ1v) is 4.83. The van der Waals surface area contributed by atoms with Gasteiger partial charge in [0.2, 0.25) is 5.91 Å². The van der Waals surface area contributed by atoms with Crippen LogP contribution in [-0.4, -0.2) is 29.5 Å². The number of benzene rings is 1. The van der Waals surface area contributed by atoms with E-state index < -0.39 is 6.29 Å². The fourth-order valence-corrected chi connectivity index (χ4v) is 1.36. The summed E-state index contributed by atoms with van der Waals surface area (Å²) in [7, 11) is 1.52. The molecule has 0 aromatic heterocycles. The van der Waals surface area contributed by atoms with Crippen LogP contribution in [0.15, 0.2) is 18.2 Å². The number of carbonyl (C=O) groups excluding carboxylic acids is 1. The zero-order valence-corrected chi connectivity index (χ0v) is 9.23. The number of aliphatic hydroxyl groups is 2. The summed E-state index contributed by atoms with van der Waals surface area (Å²) in [6, 6.07) is 5.02. The predicted octanol–water partition coefficient (Wildman–Crippen LogP) is 0.507. The van der Waals surface area contributed by atoms with Gasteiger partial charge in [-0.15, -0.1) is 0 Å². The maximum absolute atomic E-state index is 11.0. The molecule has 0 saturated heterocycles. The summed E-state index contributed by atoms with van der Waals surface area (Å²) in [6.45, 7) is 1.39. The average Bonchev–Trinajstić information content (AvgIpc) is 2.19. The number of anilines is 1. The highest BCUT2D eigenvalue weighted by molar-refractivity contribution is 5.89. The van der Waals surface area contributed by atoms with Gasteiger partial charge in [0.25, 0.3) is 0 Å². The van der Waals surface area contributed by atoms with Gasteiger partial charge in [-0.2, -0.15) is 0 Å². The third-order valence-electron chi connectivity index (χ3n) is 2.03. The minimum atomic E-state index is -1.44. The quantitative estimate of drug-likeness (QED) is 0.652. The highest BCUT2D eigenvalue weighted by atomic mass is 16.5. The van der Waals surface area contributed by atoms with Crippen molar-refractivity contribution in [2.75, 3.05) is 12.4 Å². The van der Waals surface area contributed by atoms with Crippen LogP contribution in [0.4, 0.5) is 5.69 Å². The van der Waals surface area contributed by atoms with E-state index in [9.17, 15) is 4.79 Å². The molecule has 0 spiro atoms. The number of methoxy groups -OCH3 is 1. The third-order valence-corrected chi connectivity index (χ3v) is 2.03. The molecule has 0 heterocycles. The van der Waals surface area contributed by atoms with Gasteiger partial charge < -0.3 is 20.3 Å². The molecule has 1 aromatic carbocycles. The van der Waals surface area contributed by atoms with Crippen molar-refractivity contribution in [1.29, 1.82) is 0 Å². The van der Waals surface area contributed by atoms with Gasteiger partial charge in [0.1, 0.15) is 5.75 Å². The number of aliphatic hydroxyl groups excluding tert-OH is 1. The first kappa shape index (κ1) is 12.5. The number of hydrogen-bond donors (Lipinski definition) is 3. The van der Waals surface area contributed by atoms with Crippen LogP contribution in [0.2, 0.25) is 0 Å². The number of rotatable bonds is 4. The summed E-state index contributed by atoms with van der Waals surface area (Å²) >= 11 is 0. The van der Waals surface area contributed by atoms with Crippen molar-refractivity contribution in [1.82, 2.24) is 0 Å². The fourth-order valence-electron chi connectivity index (χ4n) is 1.36. The van der Waals surface area contributed by atoms with Gasteiger partial charge in [-0.3, -0.25) is 4.79 Å². The molecule has 5 heteroatoms. The normalized spacial score (nSPS) is 10.3. The van der Waals surface area contributed by atoms with Crippen molar-refractivity contribution in [2.45, 2.75) is 19.6 Å². The molecular weight excluding hydrogens is 210 g/mol. The molecule has 0 bridgehead atoms. The number of carbonyl (C=O) groups is 1. The van der Waals surface area contributed by atoms with Crippen LogP contribution >= 0.6 is 0 Å². The minimum Gasteiger partial charge on any atom is -0.497 e. The molecule has 1 rings (SSSR count). The van der Waals surface area contributed by atoms with Gasteiger partial charge in [0.15, 0.2) is 6.29 Å². The van der Waals surface area contributed by atoms with E-state index in [1.54, 1.807) is 18.2 Å².